The summed E-state index contributed by atoms with van der Waals surface area (Å²) in [6, 6.07) is 7.50. The molecule has 1 aromatic heterocycles. The Bertz CT molecular complexity index is 861. The maximum atomic E-state index is 12.0. The zero-order valence-corrected chi connectivity index (χ0v) is 15.8. The summed E-state index contributed by atoms with van der Waals surface area (Å²) in [5.41, 5.74) is 0.759. The predicted octanol–water partition coefficient (Wildman–Crippen LogP) is 2.24. The van der Waals surface area contributed by atoms with Crippen LogP contribution in [-0.4, -0.2) is 33.2 Å². The number of nitrogens with one attached hydrogen (secondary N) is 2. The Morgan fingerprint density at radius 1 is 1.16 bits per heavy atom. The van der Waals surface area contributed by atoms with Crippen molar-refractivity contribution in [1.29, 1.82) is 0 Å². The molecule has 25 heavy (non-hydrogen) atoms. The molecule has 6 nitrogen and oxygen atoms in total. The molecule has 2 aromatic rings. The van der Waals surface area contributed by atoms with Crippen molar-refractivity contribution in [3.63, 3.8) is 0 Å². The number of carbonyl (C=O) groups is 2. The Kier molecular flexibility index (Phi) is 6.71. The van der Waals surface area contributed by atoms with Crippen LogP contribution in [0.15, 0.2) is 40.6 Å². The van der Waals surface area contributed by atoms with E-state index in [4.69, 9.17) is 11.6 Å². The number of ketones is 1. The summed E-state index contributed by atoms with van der Waals surface area (Å²) >= 11 is 7.03. The molecule has 0 atom stereocenters. The van der Waals surface area contributed by atoms with Crippen molar-refractivity contribution in [3.8, 4) is 0 Å². The summed E-state index contributed by atoms with van der Waals surface area (Å²) in [5.74, 6) is -0.271. The van der Waals surface area contributed by atoms with Crippen molar-refractivity contribution in [1.82, 2.24) is 10.0 Å². The molecule has 9 heteroatoms. The second-order valence-corrected chi connectivity index (χ2v) is 8.37. The average molecular weight is 401 g/mol. The van der Waals surface area contributed by atoms with E-state index in [9.17, 15) is 18.0 Å². The first-order valence-corrected chi connectivity index (χ1v) is 10.1. The van der Waals surface area contributed by atoms with Gasteiger partial charge in [0.25, 0.3) is 0 Å². The molecular formula is C16H17ClN2O4S2. The third-order valence-electron chi connectivity index (χ3n) is 3.23. The highest BCUT2D eigenvalue weighted by Crippen LogP contribution is 2.16. The molecule has 1 heterocycles. The highest BCUT2D eigenvalue weighted by molar-refractivity contribution is 7.89. The summed E-state index contributed by atoms with van der Waals surface area (Å²) in [7, 11) is -3.64. The van der Waals surface area contributed by atoms with Gasteiger partial charge in [-0.05, 0) is 48.2 Å². The summed E-state index contributed by atoms with van der Waals surface area (Å²) in [6.45, 7) is 1.71. The zero-order chi connectivity index (χ0) is 18.4. The quantitative estimate of drug-likeness (QED) is 0.525. The molecule has 0 radical (unpaired) electrons. The van der Waals surface area contributed by atoms with E-state index in [1.165, 1.54) is 42.5 Å². The van der Waals surface area contributed by atoms with Crippen molar-refractivity contribution < 1.29 is 18.0 Å². The second kappa shape index (κ2) is 8.57. The second-order valence-electron chi connectivity index (χ2n) is 5.25. The first-order chi connectivity index (χ1) is 11.8. The van der Waals surface area contributed by atoms with E-state index in [1.54, 1.807) is 11.4 Å². The highest BCUT2D eigenvalue weighted by Gasteiger charge is 2.13. The van der Waals surface area contributed by atoms with Crippen LogP contribution in [0, 0.1) is 0 Å². The van der Waals surface area contributed by atoms with Crippen LogP contribution in [0.1, 0.15) is 22.2 Å². The predicted molar refractivity (Wildman–Crippen MR) is 97.7 cm³/mol. The minimum atomic E-state index is -3.64. The molecule has 0 aliphatic rings. The van der Waals surface area contributed by atoms with Gasteiger partial charge in [0.1, 0.15) is 0 Å². The number of carbonyl (C=O) groups excluding carboxylic acids is 2. The maximum absolute atomic E-state index is 12.0. The number of halogens is 1. The minimum absolute atomic E-state index is 0.0340. The Morgan fingerprint density at radius 2 is 1.84 bits per heavy atom. The SMILES string of the molecule is CC(=O)c1cc(CC(=O)NCCNS(=O)(=O)c2ccc(Cl)cc2)cs1. The summed E-state index contributed by atoms with van der Waals surface area (Å²) in [6.07, 6.45) is 0.147. The molecule has 0 bridgehead atoms. The standard InChI is InChI=1S/C16H17ClN2O4S2/c1-11(20)15-8-12(10-24-15)9-16(21)18-6-7-19-25(22,23)14-4-2-13(17)3-5-14/h2-5,8,10,19H,6-7,9H2,1H3,(H,18,21). The lowest BCUT2D eigenvalue weighted by atomic mass is 10.2. The number of benzene rings is 1. The molecule has 0 fully saturated rings. The van der Waals surface area contributed by atoms with Gasteiger partial charge in [0.05, 0.1) is 16.2 Å². The minimum Gasteiger partial charge on any atom is -0.354 e. The third kappa shape index (κ3) is 5.93. The molecule has 0 aliphatic heterocycles. The van der Waals surface area contributed by atoms with Crippen molar-refractivity contribution >= 4 is 44.7 Å². The van der Waals surface area contributed by atoms with Crippen molar-refractivity contribution in [2.24, 2.45) is 0 Å². The van der Waals surface area contributed by atoms with Gasteiger partial charge >= 0.3 is 0 Å². The smallest absolute Gasteiger partial charge is 0.240 e. The van der Waals surface area contributed by atoms with Crippen molar-refractivity contribution in [2.75, 3.05) is 13.1 Å². The van der Waals surface area contributed by atoms with Crippen LogP contribution in [0.3, 0.4) is 0 Å². The Labute approximate surface area is 155 Å². The topological polar surface area (TPSA) is 92.3 Å². The van der Waals surface area contributed by atoms with E-state index in [-0.39, 0.29) is 36.1 Å². The Hall–Kier alpha value is -1.74. The number of amides is 1. The number of rotatable bonds is 8. The number of hydrogen-bond acceptors (Lipinski definition) is 5. The normalized spacial score (nSPS) is 11.3. The van der Waals surface area contributed by atoms with Crippen molar-refractivity contribution in [3.05, 3.63) is 51.2 Å². The maximum Gasteiger partial charge on any atom is 0.240 e. The lowest BCUT2D eigenvalue weighted by Gasteiger charge is -2.08. The summed E-state index contributed by atoms with van der Waals surface area (Å²) in [5, 5.41) is 4.85. The van der Waals surface area contributed by atoms with E-state index in [0.717, 1.165) is 5.56 Å². The molecule has 2 N–H and O–H groups in total. The Morgan fingerprint density at radius 3 is 2.44 bits per heavy atom. The Balaban J connectivity index is 1.77. The number of hydrogen-bond donors (Lipinski definition) is 2. The molecule has 0 saturated heterocycles. The number of sulfonamides is 1. The number of thiophene rings is 1. The molecule has 1 amide bonds. The summed E-state index contributed by atoms with van der Waals surface area (Å²) < 4.78 is 26.5. The molecule has 1 aromatic carbocycles. The van der Waals surface area contributed by atoms with Gasteiger partial charge in [-0.1, -0.05) is 11.6 Å². The fourth-order valence-corrected chi connectivity index (χ4v) is 3.96. The first kappa shape index (κ1) is 19.6. The molecule has 0 saturated carbocycles. The average Bonchev–Trinajstić information content (AvgIpc) is 3.01. The molecular weight excluding hydrogens is 384 g/mol. The van der Waals surface area contributed by atoms with Crippen LogP contribution in [0.25, 0.3) is 0 Å². The molecule has 134 valence electrons. The van der Waals surface area contributed by atoms with Crippen LogP contribution in [0.5, 0.6) is 0 Å². The van der Waals surface area contributed by atoms with Gasteiger partial charge in [0.15, 0.2) is 5.78 Å². The van der Waals surface area contributed by atoms with Gasteiger partial charge in [0, 0.05) is 18.1 Å². The summed E-state index contributed by atoms with van der Waals surface area (Å²) in [4.78, 5) is 23.8. The van der Waals surface area contributed by atoms with Crippen LogP contribution in [0.4, 0.5) is 0 Å². The van der Waals surface area contributed by atoms with Gasteiger partial charge in [-0.3, -0.25) is 9.59 Å². The molecule has 0 spiro atoms. The third-order valence-corrected chi connectivity index (χ3v) is 6.04. The van der Waals surface area contributed by atoms with E-state index in [0.29, 0.717) is 9.90 Å². The van der Waals surface area contributed by atoms with Gasteiger partial charge in [-0.15, -0.1) is 11.3 Å². The monoisotopic (exact) mass is 400 g/mol. The largest absolute Gasteiger partial charge is 0.354 e. The first-order valence-electron chi connectivity index (χ1n) is 7.38. The van der Waals surface area contributed by atoms with Crippen LogP contribution in [-0.2, 0) is 21.2 Å². The van der Waals surface area contributed by atoms with E-state index >= 15 is 0 Å². The fraction of sp³-hybridized carbons (Fsp3) is 0.250. The van der Waals surface area contributed by atoms with Gasteiger partial charge in [0.2, 0.25) is 15.9 Å². The van der Waals surface area contributed by atoms with E-state index in [1.807, 2.05) is 0 Å². The molecule has 0 aliphatic carbocycles. The van der Waals surface area contributed by atoms with Crippen molar-refractivity contribution in [2.45, 2.75) is 18.2 Å². The van der Waals surface area contributed by atoms with Crippen LogP contribution >= 0.6 is 22.9 Å². The van der Waals surface area contributed by atoms with E-state index < -0.39 is 10.0 Å². The fourth-order valence-electron chi connectivity index (χ4n) is 1.99. The number of Topliss-reactive ketones (excluding diaryl/α,β-unsaturated/α-hetero) is 1. The lowest BCUT2D eigenvalue weighted by Crippen LogP contribution is -2.35. The van der Waals surface area contributed by atoms with Gasteiger partial charge in [-0.2, -0.15) is 0 Å². The van der Waals surface area contributed by atoms with E-state index in [2.05, 4.69) is 10.0 Å². The zero-order valence-electron chi connectivity index (χ0n) is 13.4. The van der Waals surface area contributed by atoms with Gasteiger partial charge < -0.3 is 5.32 Å². The highest BCUT2D eigenvalue weighted by atomic mass is 35.5. The van der Waals surface area contributed by atoms with Crippen LogP contribution < -0.4 is 10.0 Å². The van der Waals surface area contributed by atoms with Crippen LogP contribution in [0.2, 0.25) is 5.02 Å². The molecule has 2 rings (SSSR count). The molecule has 0 unspecified atom stereocenters. The van der Waals surface area contributed by atoms with Gasteiger partial charge in [-0.25, -0.2) is 13.1 Å². The lowest BCUT2D eigenvalue weighted by molar-refractivity contribution is -0.120.